The van der Waals surface area contributed by atoms with Crippen LogP contribution in [0.15, 0.2) is 0 Å². The standard InChI is InChI=1S/C10H16O4S/c1-3-4-8(12)5-9-13-6-10(15-9)14-7(2)11/h9-10H,3-6H2,1-2H3/t9-,10+/m0/s1. The molecule has 0 amide bonds. The van der Waals surface area contributed by atoms with Gasteiger partial charge < -0.3 is 9.47 Å². The maximum Gasteiger partial charge on any atom is 0.303 e. The summed E-state index contributed by atoms with van der Waals surface area (Å²) >= 11 is 1.41. The van der Waals surface area contributed by atoms with E-state index in [1.807, 2.05) is 6.92 Å². The van der Waals surface area contributed by atoms with Crippen molar-refractivity contribution in [2.75, 3.05) is 6.61 Å². The van der Waals surface area contributed by atoms with Crippen molar-refractivity contribution in [3.8, 4) is 0 Å². The van der Waals surface area contributed by atoms with Gasteiger partial charge in [0.1, 0.15) is 11.2 Å². The molecule has 0 aromatic carbocycles. The van der Waals surface area contributed by atoms with Gasteiger partial charge in [-0.25, -0.2) is 0 Å². The van der Waals surface area contributed by atoms with Crippen LogP contribution >= 0.6 is 11.8 Å². The topological polar surface area (TPSA) is 52.6 Å². The van der Waals surface area contributed by atoms with E-state index >= 15 is 0 Å². The first kappa shape index (κ1) is 12.5. The Bertz CT molecular complexity index is 242. The zero-order valence-electron chi connectivity index (χ0n) is 9.02. The van der Waals surface area contributed by atoms with E-state index in [0.717, 1.165) is 6.42 Å². The highest BCUT2D eigenvalue weighted by Crippen LogP contribution is 2.30. The zero-order chi connectivity index (χ0) is 11.3. The number of ether oxygens (including phenoxy) is 2. The summed E-state index contributed by atoms with van der Waals surface area (Å²) in [5, 5.41) is 0. The second-order valence-corrected chi connectivity index (χ2v) is 4.75. The molecule has 0 radical (unpaired) electrons. The van der Waals surface area contributed by atoms with Crippen LogP contribution in [0.4, 0.5) is 0 Å². The second-order valence-electron chi connectivity index (χ2n) is 3.43. The van der Waals surface area contributed by atoms with Crippen molar-refractivity contribution >= 4 is 23.5 Å². The minimum atomic E-state index is -0.309. The quantitative estimate of drug-likeness (QED) is 0.676. The fourth-order valence-corrected chi connectivity index (χ4v) is 2.48. The van der Waals surface area contributed by atoms with Gasteiger partial charge in [0, 0.05) is 19.8 Å². The van der Waals surface area contributed by atoms with Gasteiger partial charge in [-0.15, -0.1) is 0 Å². The Balaban J connectivity index is 2.24. The smallest absolute Gasteiger partial charge is 0.303 e. The van der Waals surface area contributed by atoms with Gasteiger partial charge >= 0.3 is 5.97 Å². The van der Waals surface area contributed by atoms with Crippen LogP contribution in [0.1, 0.15) is 33.1 Å². The number of Topliss-reactive ketones (excluding diaryl/α,β-unsaturated/α-hetero) is 1. The largest absolute Gasteiger partial charge is 0.449 e. The molecule has 1 aliphatic rings. The molecule has 1 rings (SSSR count). The third-order valence-electron chi connectivity index (χ3n) is 1.94. The summed E-state index contributed by atoms with van der Waals surface area (Å²) in [4.78, 5) is 22.0. The van der Waals surface area contributed by atoms with Crippen LogP contribution in [-0.2, 0) is 19.1 Å². The summed E-state index contributed by atoms with van der Waals surface area (Å²) in [5.41, 5.74) is -0.393. The minimum absolute atomic E-state index is 0.145. The Labute approximate surface area is 93.7 Å². The number of carbonyl (C=O) groups is 2. The normalized spacial score (nSPS) is 25.2. The minimum Gasteiger partial charge on any atom is -0.449 e. The number of rotatable bonds is 5. The molecule has 1 heterocycles. The highest BCUT2D eigenvalue weighted by molar-refractivity contribution is 8.00. The van der Waals surface area contributed by atoms with E-state index in [4.69, 9.17) is 9.47 Å². The van der Waals surface area contributed by atoms with Crippen molar-refractivity contribution in [3.05, 3.63) is 0 Å². The molecule has 1 saturated heterocycles. The number of ketones is 1. The van der Waals surface area contributed by atoms with Crippen molar-refractivity contribution in [3.63, 3.8) is 0 Å². The van der Waals surface area contributed by atoms with Gasteiger partial charge in [0.05, 0.1) is 6.61 Å². The molecule has 0 saturated carbocycles. The molecule has 0 N–H and O–H groups in total. The molecule has 4 nitrogen and oxygen atoms in total. The molecule has 1 fully saturated rings. The Morgan fingerprint density at radius 1 is 1.53 bits per heavy atom. The maximum atomic E-state index is 11.3. The molecule has 0 unspecified atom stereocenters. The van der Waals surface area contributed by atoms with Gasteiger partial charge in [-0.2, -0.15) is 0 Å². The SMILES string of the molecule is CCCC(=O)C[C@H]1OC[C@H](OC(C)=O)S1. The van der Waals surface area contributed by atoms with Crippen LogP contribution in [0.2, 0.25) is 0 Å². The van der Waals surface area contributed by atoms with Crippen LogP contribution in [0.3, 0.4) is 0 Å². The van der Waals surface area contributed by atoms with Crippen molar-refractivity contribution in [2.24, 2.45) is 0 Å². The first-order chi connectivity index (χ1) is 7.11. The van der Waals surface area contributed by atoms with Crippen molar-refractivity contribution < 1.29 is 19.1 Å². The summed E-state index contributed by atoms with van der Waals surface area (Å²) in [6.45, 7) is 3.73. The Hall–Kier alpha value is -0.550. The molecule has 0 spiro atoms. The van der Waals surface area contributed by atoms with Crippen LogP contribution in [0.25, 0.3) is 0 Å². The molecular formula is C10H16O4S. The number of thioether (sulfide) groups is 1. The third kappa shape index (κ3) is 4.66. The molecule has 0 aromatic rings. The number of hydrogen-bond donors (Lipinski definition) is 0. The highest BCUT2D eigenvalue weighted by atomic mass is 32.2. The molecule has 15 heavy (non-hydrogen) atoms. The first-order valence-corrected chi connectivity index (χ1v) is 6.02. The lowest BCUT2D eigenvalue weighted by Gasteiger charge is -2.08. The van der Waals surface area contributed by atoms with E-state index in [1.165, 1.54) is 18.7 Å². The fraction of sp³-hybridized carbons (Fsp3) is 0.800. The monoisotopic (exact) mass is 232 g/mol. The summed E-state index contributed by atoms with van der Waals surface area (Å²) in [5.74, 6) is -0.102. The van der Waals surface area contributed by atoms with Crippen LogP contribution in [0.5, 0.6) is 0 Å². The molecule has 5 heteroatoms. The number of carbonyl (C=O) groups excluding carboxylic acids is 2. The molecule has 86 valence electrons. The highest BCUT2D eigenvalue weighted by Gasteiger charge is 2.29. The van der Waals surface area contributed by atoms with Crippen LogP contribution in [0, 0.1) is 0 Å². The molecule has 0 aliphatic carbocycles. The summed E-state index contributed by atoms with van der Waals surface area (Å²) in [6, 6.07) is 0. The van der Waals surface area contributed by atoms with Gasteiger partial charge in [-0.3, -0.25) is 9.59 Å². The van der Waals surface area contributed by atoms with E-state index in [9.17, 15) is 9.59 Å². The Kier molecular flexibility index (Phi) is 5.11. The lowest BCUT2D eigenvalue weighted by Crippen LogP contribution is -2.12. The van der Waals surface area contributed by atoms with Gasteiger partial charge in [0.15, 0.2) is 5.44 Å². The van der Waals surface area contributed by atoms with Gasteiger partial charge in [0.25, 0.3) is 0 Å². The second kappa shape index (κ2) is 6.12. The van der Waals surface area contributed by atoms with Crippen molar-refractivity contribution in [1.82, 2.24) is 0 Å². The average Bonchev–Trinajstić information content (AvgIpc) is 2.51. The van der Waals surface area contributed by atoms with E-state index in [2.05, 4.69) is 0 Å². The molecule has 2 atom stereocenters. The molecular weight excluding hydrogens is 216 g/mol. The molecule has 1 aliphatic heterocycles. The lowest BCUT2D eigenvalue weighted by molar-refractivity contribution is -0.143. The number of esters is 1. The summed E-state index contributed by atoms with van der Waals surface area (Å²) in [6.07, 6.45) is 1.87. The van der Waals surface area contributed by atoms with E-state index in [0.29, 0.717) is 19.4 Å². The summed E-state index contributed by atoms with van der Waals surface area (Å²) in [7, 11) is 0. The maximum absolute atomic E-state index is 11.3. The lowest BCUT2D eigenvalue weighted by atomic mass is 10.2. The number of hydrogen-bond acceptors (Lipinski definition) is 5. The first-order valence-electron chi connectivity index (χ1n) is 5.07. The van der Waals surface area contributed by atoms with E-state index in [1.54, 1.807) is 0 Å². The molecule has 0 bridgehead atoms. The van der Waals surface area contributed by atoms with E-state index < -0.39 is 0 Å². The average molecular weight is 232 g/mol. The Morgan fingerprint density at radius 3 is 2.87 bits per heavy atom. The predicted octanol–water partition coefficient (Wildman–Crippen LogP) is 1.72. The van der Waals surface area contributed by atoms with E-state index in [-0.39, 0.29) is 22.6 Å². The van der Waals surface area contributed by atoms with Gasteiger partial charge in [0.2, 0.25) is 0 Å². The van der Waals surface area contributed by atoms with Crippen molar-refractivity contribution in [2.45, 2.75) is 44.0 Å². The predicted molar refractivity (Wildman–Crippen MR) is 57.4 cm³/mol. The summed E-state index contributed by atoms with van der Waals surface area (Å²) < 4.78 is 10.3. The van der Waals surface area contributed by atoms with Crippen LogP contribution in [-0.4, -0.2) is 29.2 Å². The van der Waals surface area contributed by atoms with Crippen LogP contribution < -0.4 is 0 Å². The van der Waals surface area contributed by atoms with Gasteiger partial charge in [-0.1, -0.05) is 18.7 Å². The zero-order valence-corrected chi connectivity index (χ0v) is 9.84. The molecule has 0 aromatic heterocycles. The van der Waals surface area contributed by atoms with Crippen molar-refractivity contribution in [1.29, 1.82) is 0 Å². The Morgan fingerprint density at radius 2 is 2.27 bits per heavy atom. The van der Waals surface area contributed by atoms with Gasteiger partial charge in [-0.05, 0) is 6.42 Å². The fourth-order valence-electron chi connectivity index (χ4n) is 1.35. The third-order valence-corrected chi connectivity index (χ3v) is 3.08.